The molecule has 2 aromatic rings. The van der Waals surface area contributed by atoms with Crippen LogP contribution in [0.1, 0.15) is 47.6 Å². The highest BCUT2D eigenvalue weighted by Crippen LogP contribution is 2.33. The van der Waals surface area contributed by atoms with E-state index in [1.807, 2.05) is 35.2 Å². The average molecular weight is 370 g/mol. The zero-order valence-corrected chi connectivity index (χ0v) is 15.3. The quantitative estimate of drug-likeness (QED) is 0.879. The molecule has 2 aliphatic rings. The lowest BCUT2D eigenvalue weighted by Crippen LogP contribution is -2.31. The molecule has 6 heteroatoms. The minimum atomic E-state index is -3.56. The van der Waals surface area contributed by atoms with E-state index in [0.29, 0.717) is 12.1 Å². The van der Waals surface area contributed by atoms with Gasteiger partial charge in [-0.25, -0.2) is 13.1 Å². The van der Waals surface area contributed by atoms with E-state index in [4.69, 9.17) is 0 Å². The summed E-state index contributed by atoms with van der Waals surface area (Å²) in [7, 11) is -3.56. The minimum Gasteiger partial charge on any atom is -0.332 e. The van der Waals surface area contributed by atoms with Crippen molar-refractivity contribution in [1.29, 1.82) is 0 Å². The van der Waals surface area contributed by atoms with E-state index in [1.54, 1.807) is 18.2 Å². The summed E-state index contributed by atoms with van der Waals surface area (Å²) >= 11 is 0. The van der Waals surface area contributed by atoms with Crippen LogP contribution in [0.4, 0.5) is 0 Å². The number of sulfonamides is 1. The average Bonchev–Trinajstić information content (AvgIpc) is 3.32. The van der Waals surface area contributed by atoms with Crippen molar-refractivity contribution in [3.63, 3.8) is 0 Å². The fourth-order valence-electron chi connectivity index (χ4n) is 3.48. The summed E-state index contributed by atoms with van der Waals surface area (Å²) in [6.45, 7) is 0.690. The molecule has 0 bridgehead atoms. The number of hydrogen-bond acceptors (Lipinski definition) is 3. The Bertz CT molecular complexity index is 908. The van der Waals surface area contributed by atoms with Crippen molar-refractivity contribution in [2.45, 2.75) is 42.7 Å². The maximum Gasteiger partial charge on any atom is 0.254 e. The molecular weight excluding hydrogens is 348 g/mol. The second-order valence-corrected chi connectivity index (χ2v) is 8.70. The Kier molecular flexibility index (Phi) is 4.54. The number of nitrogens with zero attached hydrogens (tertiary/aromatic N) is 1. The summed E-state index contributed by atoms with van der Waals surface area (Å²) in [4.78, 5) is 15.1. The summed E-state index contributed by atoms with van der Waals surface area (Å²) in [5.74, 6) is -0.111. The SMILES string of the molecule is O=C(c1cccc(S(=O)(=O)NC2CC2)c1)N1CCCC1c1ccccc1. The molecule has 1 saturated carbocycles. The Morgan fingerprint density at radius 2 is 1.77 bits per heavy atom. The fraction of sp³-hybridized carbons (Fsp3) is 0.350. The van der Waals surface area contributed by atoms with E-state index < -0.39 is 10.0 Å². The fourth-order valence-corrected chi connectivity index (χ4v) is 4.83. The van der Waals surface area contributed by atoms with Crippen molar-refractivity contribution in [3.8, 4) is 0 Å². The first kappa shape index (κ1) is 17.2. The monoisotopic (exact) mass is 370 g/mol. The van der Waals surface area contributed by atoms with Gasteiger partial charge in [-0.15, -0.1) is 0 Å². The topological polar surface area (TPSA) is 66.5 Å². The molecule has 2 fully saturated rings. The van der Waals surface area contributed by atoms with Gasteiger partial charge in [-0.05, 0) is 49.4 Å². The molecule has 136 valence electrons. The number of likely N-dealkylation sites (tertiary alicyclic amines) is 1. The summed E-state index contributed by atoms with van der Waals surface area (Å²) in [6, 6.07) is 16.5. The zero-order chi connectivity index (χ0) is 18.1. The third-order valence-corrected chi connectivity index (χ3v) is 6.51. The Hall–Kier alpha value is -2.18. The standard InChI is InChI=1S/C20H22N2O3S/c23-20(22-13-5-10-19(22)15-6-2-1-3-7-15)16-8-4-9-18(14-16)26(24,25)21-17-11-12-17/h1-4,6-9,14,17,19,21H,5,10-13H2. The Balaban J connectivity index is 1.59. The van der Waals surface area contributed by atoms with Crippen molar-refractivity contribution in [2.24, 2.45) is 0 Å². The molecule has 4 rings (SSSR count). The van der Waals surface area contributed by atoms with Crippen LogP contribution >= 0.6 is 0 Å². The molecule has 0 aromatic heterocycles. The number of hydrogen-bond donors (Lipinski definition) is 1. The first-order valence-electron chi connectivity index (χ1n) is 9.03. The highest BCUT2D eigenvalue weighted by Gasteiger charge is 2.32. The molecule has 1 N–H and O–H groups in total. The van der Waals surface area contributed by atoms with E-state index in [0.717, 1.165) is 31.2 Å². The molecule has 1 saturated heterocycles. The molecule has 1 unspecified atom stereocenters. The van der Waals surface area contributed by atoms with Crippen LogP contribution in [0.15, 0.2) is 59.5 Å². The lowest BCUT2D eigenvalue weighted by Gasteiger charge is -2.25. The van der Waals surface area contributed by atoms with Crippen LogP contribution in [0.25, 0.3) is 0 Å². The smallest absolute Gasteiger partial charge is 0.254 e. The Morgan fingerprint density at radius 1 is 1.00 bits per heavy atom. The van der Waals surface area contributed by atoms with Gasteiger partial charge in [-0.2, -0.15) is 0 Å². The molecule has 0 radical (unpaired) electrons. The van der Waals surface area contributed by atoms with Crippen LogP contribution in [-0.2, 0) is 10.0 Å². The van der Waals surface area contributed by atoms with Crippen molar-refractivity contribution in [3.05, 3.63) is 65.7 Å². The number of carbonyl (C=O) groups excluding carboxylic acids is 1. The van der Waals surface area contributed by atoms with E-state index in [1.165, 1.54) is 6.07 Å². The third-order valence-electron chi connectivity index (χ3n) is 4.99. The second-order valence-electron chi connectivity index (χ2n) is 6.99. The maximum atomic E-state index is 13.1. The highest BCUT2D eigenvalue weighted by atomic mass is 32.2. The predicted molar refractivity (Wildman–Crippen MR) is 99.2 cm³/mol. The van der Waals surface area contributed by atoms with Gasteiger partial charge in [-0.1, -0.05) is 36.4 Å². The number of amides is 1. The third kappa shape index (κ3) is 3.52. The first-order valence-corrected chi connectivity index (χ1v) is 10.5. The highest BCUT2D eigenvalue weighted by molar-refractivity contribution is 7.89. The number of rotatable bonds is 5. The summed E-state index contributed by atoms with van der Waals surface area (Å²) in [6.07, 6.45) is 3.64. The first-order chi connectivity index (χ1) is 12.5. The molecule has 0 spiro atoms. The van der Waals surface area contributed by atoms with Crippen LogP contribution < -0.4 is 4.72 Å². The van der Waals surface area contributed by atoms with Gasteiger partial charge in [0.05, 0.1) is 10.9 Å². The van der Waals surface area contributed by atoms with E-state index in [2.05, 4.69) is 4.72 Å². The van der Waals surface area contributed by atoms with Gasteiger partial charge >= 0.3 is 0 Å². The molecule has 26 heavy (non-hydrogen) atoms. The van der Waals surface area contributed by atoms with Crippen molar-refractivity contribution >= 4 is 15.9 Å². The molecule has 1 amide bonds. The molecule has 1 aliphatic heterocycles. The summed E-state index contributed by atoms with van der Waals surface area (Å²) in [5.41, 5.74) is 1.55. The van der Waals surface area contributed by atoms with Gasteiger partial charge in [0.1, 0.15) is 0 Å². The van der Waals surface area contributed by atoms with Gasteiger partial charge < -0.3 is 4.90 Å². The summed E-state index contributed by atoms with van der Waals surface area (Å²) < 4.78 is 27.5. The van der Waals surface area contributed by atoms with Crippen molar-refractivity contribution in [1.82, 2.24) is 9.62 Å². The van der Waals surface area contributed by atoms with Gasteiger partial charge in [0.15, 0.2) is 0 Å². The van der Waals surface area contributed by atoms with Crippen LogP contribution in [0.2, 0.25) is 0 Å². The summed E-state index contributed by atoms with van der Waals surface area (Å²) in [5, 5.41) is 0. The number of benzene rings is 2. The minimum absolute atomic E-state index is 0.0420. The van der Waals surface area contributed by atoms with Gasteiger partial charge in [-0.3, -0.25) is 4.79 Å². The maximum absolute atomic E-state index is 13.1. The molecular formula is C20H22N2O3S. The van der Waals surface area contributed by atoms with Gasteiger partial charge in [0.25, 0.3) is 5.91 Å². The lowest BCUT2D eigenvalue weighted by atomic mass is 10.0. The lowest BCUT2D eigenvalue weighted by molar-refractivity contribution is 0.0735. The van der Waals surface area contributed by atoms with Crippen LogP contribution in [0, 0.1) is 0 Å². The van der Waals surface area contributed by atoms with Crippen LogP contribution in [0.3, 0.4) is 0 Å². The predicted octanol–water partition coefficient (Wildman–Crippen LogP) is 3.10. The van der Waals surface area contributed by atoms with Gasteiger partial charge in [0.2, 0.25) is 10.0 Å². The van der Waals surface area contributed by atoms with E-state index in [9.17, 15) is 13.2 Å². The molecule has 1 aliphatic carbocycles. The zero-order valence-electron chi connectivity index (χ0n) is 14.5. The van der Waals surface area contributed by atoms with E-state index >= 15 is 0 Å². The second kappa shape index (κ2) is 6.85. The molecule has 2 aromatic carbocycles. The molecule has 1 heterocycles. The number of carbonyl (C=O) groups is 1. The normalized spacial score (nSPS) is 20.3. The van der Waals surface area contributed by atoms with Crippen LogP contribution in [-0.4, -0.2) is 31.8 Å². The number of nitrogens with one attached hydrogen (secondary N) is 1. The Morgan fingerprint density at radius 3 is 2.50 bits per heavy atom. The molecule has 1 atom stereocenters. The van der Waals surface area contributed by atoms with E-state index in [-0.39, 0.29) is 22.9 Å². The van der Waals surface area contributed by atoms with Crippen molar-refractivity contribution < 1.29 is 13.2 Å². The largest absolute Gasteiger partial charge is 0.332 e. The molecule has 5 nitrogen and oxygen atoms in total. The van der Waals surface area contributed by atoms with Crippen molar-refractivity contribution in [2.75, 3.05) is 6.54 Å². The van der Waals surface area contributed by atoms with Crippen LogP contribution in [0.5, 0.6) is 0 Å². The Labute approximate surface area is 154 Å². The van der Waals surface area contributed by atoms with Gasteiger partial charge in [0, 0.05) is 18.2 Å².